The molecule has 0 radical (unpaired) electrons. The molecule has 0 atom stereocenters. The molecule has 1 aliphatic heterocycles. The third-order valence-electron chi connectivity index (χ3n) is 4.75. The summed E-state index contributed by atoms with van der Waals surface area (Å²) in [7, 11) is 0. The Hall–Kier alpha value is -3.28. The largest absolute Gasteiger partial charge is 0.491 e. The number of benzene rings is 2. The summed E-state index contributed by atoms with van der Waals surface area (Å²) in [5, 5.41) is 6.58. The summed E-state index contributed by atoms with van der Waals surface area (Å²) < 4.78 is 5.67. The minimum atomic E-state index is 0.157. The van der Waals surface area contributed by atoms with Crippen LogP contribution in [0.15, 0.2) is 60.8 Å². The van der Waals surface area contributed by atoms with Gasteiger partial charge in [-0.05, 0) is 81.3 Å². The van der Waals surface area contributed by atoms with Crippen LogP contribution in [0.4, 0.5) is 28.8 Å². The van der Waals surface area contributed by atoms with Gasteiger partial charge >= 0.3 is 0 Å². The van der Waals surface area contributed by atoms with Crippen molar-refractivity contribution in [3.8, 4) is 5.75 Å². The van der Waals surface area contributed by atoms with E-state index in [9.17, 15) is 0 Å². The fraction of sp³-hybridized carbons (Fsp3) is 0.304. The Morgan fingerprint density at radius 2 is 1.52 bits per heavy atom. The van der Waals surface area contributed by atoms with Crippen LogP contribution in [0.25, 0.3) is 0 Å². The SMILES string of the molecule is CC(C)Oc1ccc(Nc2nccc(Nc3ccc(N4CCCC4)cc3)n2)cc1. The second-order valence-corrected chi connectivity index (χ2v) is 7.45. The summed E-state index contributed by atoms with van der Waals surface area (Å²) >= 11 is 0. The van der Waals surface area contributed by atoms with Crippen LogP contribution in [0, 0.1) is 0 Å². The Balaban J connectivity index is 1.39. The zero-order valence-electron chi connectivity index (χ0n) is 16.9. The van der Waals surface area contributed by atoms with Crippen molar-refractivity contribution in [2.75, 3.05) is 28.6 Å². The topological polar surface area (TPSA) is 62.3 Å². The third kappa shape index (κ3) is 5.16. The fourth-order valence-corrected chi connectivity index (χ4v) is 3.39. The van der Waals surface area contributed by atoms with Crippen LogP contribution in [0.2, 0.25) is 0 Å². The minimum Gasteiger partial charge on any atom is -0.491 e. The van der Waals surface area contributed by atoms with Gasteiger partial charge in [-0.2, -0.15) is 4.98 Å². The van der Waals surface area contributed by atoms with Gasteiger partial charge in [0.25, 0.3) is 0 Å². The molecule has 29 heavy (non-hydrogen) atoms. The highest BCUT2D eigenvalue weighted by Crippen LogP contribution is 2.24. The van der Waals surface area contributed by atoms with Crippen molar-refractivity contribution in [2.45, 2.75) is 32.8 Å². The number of nitrogens with one attached hydrogen (secondary N) is 2. The summed E-state index contributed by atoms with van der Waals surface area (Å²) in [5.41, 5.74) is 3.20. The molecular formula is C23H27N5O. The lowest BCUT2D eigenvalue weighted by atomic mass is 10.2. The molecule has 1 fully saturated rings. The maximum atomic E-state index is 5.67. The molecule has 2 aromatic carbocycles. The zero-order chi connectivity index (χ0) is 20.1. The first kappa shape index (κ1) is 19.1. The molecule has 150 valence electrons. The quantitative estimate of drug-likeness (QED) is 0.568. The Morgan fingerprint density at radius 3 is 2.21 bits per heavy atom. The Kier molecular flexibility index (Phi) is 5.79. The van der Waals surface area contributed by atoms with E-state index in [1.54, 1.807) is 6.20 Å². The Morgan fingerprint density at radius 1 is 0.862 bits per heavy atom. The van der Waals surface area contributed by atoms with Crippen LogP contribution < -0.4 is 20.3 Å². The van der Waals surface area contributed by atoms with Crippen LogP contribution in [-0.4, -0.2) is 29.2 Å². The highest BCUT2D eigenvalue weighted by molar-refractivity contribution is 5.62. The van der Waals surface area contributed by atoms with E-state index in [1.807, 2.05) is 44.2 Å². The van der Waals surface area contributed by atoms with Gasteiger partial charge < -0.3 is 20.3 Å². The number of anilines is 5. The summed E-state index contributed by atoms with van der Waals surface area (Å²) in [4.78, 5) is 11.3. The molecular weight excluding hydrogens is 362 g/mol. The molecule has 3 aromatic rings. The number of aromatic nitrogens is 2. The Labute approximate surface area is 172 Å². The van der Waals surface area contributed by atoms with Gasteiger partial charge in [-0.25, -0.2) is 4.98 Å². The van der Waals surface area contributed by atoms with Crippen molar-refractivity contribution in [1.29, 1.82) is 0 Å². The van der Waals surface area contributed by atoms with Crippen LogP contribution >= 0.6 is 0 Å². The van der Waals surface area contributed by atoms with Crippen molar-refractivity contribution in [3.63, 3.8) is 0 Å². The molecule has 0 spiro atoms. The van der Waals surface area contributed by atoms with Gasteiger partial charge in [0.15, 0.2) is 0 Å². The van der Waals surface area contributed by atoms with E-state index >= 15 is 0 Å². The van der Waals surface area contributed by atoms with E-state index in [-0.39, 0.29) is 6.10 Å². The van der Waals surface area contributed by atoms with Crippen LogP contribution in [0.1, 0.15) is 26.7 Å². The fourth-order valence-electron chi connectivity index (χ4n) is 3.39. The van der Waals surface area contributed by atoms with Crippen LogP contribution in [-0.2, 0) is 0 Å². The van der Waals surface area contributed by atoms with Crippen molar-refractivity contribution in [2.24, 2.45) is 0 Å². The number of ether oxygens (including phenoxy) is 1. The Bertz CT molecular complexity index is 919. The molecule has 2 N–H and O–H groups in total. The number of rotatable bonds is 7. The molecule has 1 aliphatic rings. The molecule has 4 rings (SSSR count). The zero-order valence-corrected chi connectivity index (χ0v) is 16.9. The minimum absolute atomic E-state index is 0.157. The van der Waals surface area contributed by atoms with Crippen LogP contribution in [0.5, 0.6) is 5.75 Å². The first-order chi connectivity index (χ1) is 14.2. The first-order valence-electron chi connectivity index (χ1n) is 10.1. The van der Waals surface area contributed by atoms with Crippen molar-refractivity contribution >= 4 is 28.8 Å². The van der Waals surface area contributed by atoms with E-state index in [0.717, 1.165) is 36.0 Å². The van der Waals surface area contributed by atoms with Gasteiger partial charge in [0.05, 0.1) is 6.10 Å². The van der Waals surface area contributed by atoms with Gasteiger partial charge in [0.2, 0.25) is 5.95 Å². The van der Waals surface area contributed by atoms with Gasteiger partial charge in [-0.3, -0.25) is 0 Å². The molecule has 0 amide bonds. The average molecular weight is 390 g/mol. The third-order valence-corrected chi connectivity index (χ3v) is 4.75. The first-order valence-corrected chi connectivity index (χ1v) is 10.1. The highest BCUT2D eigenvalue weighted by atomic mass is 16.5. The maximum Gasteiger partial charge on any atom is 0.229 e. The van der Waals surface area contributed by atoms with E-state index in [0.29, 0.717) is 5.95 Å². The normalized spacial score (nSPS) is 13.6. The van der Waals surface area contributed by atoms with E-state index in [4.69, 9.17) is 4.74 Å². The lowest BCUT2D eigenvalue weighted by Crippen LogP contribution is -2.17. The number of hydrogen-bond acceptors (Lipinski definition) is 6. The van der Waals surface area contributed by atoms with Gasteiger partial charge in [-0.1, -0.05) is 0 Å². The highest BCUT2D eigenvalue weighted by Gasteiger charge is 2.11. The molecule has 1 aromatic heterocycles. The molecule has 6 heteroatoms. The maximum absolute atomic E-state index is 5.67. The molecule has 6 nitrogen and oxygen atoms in total. The molecule has 0 aliphatic carbocycles. The van der Waals surface area contributed by atoms with Crippen molar-refractivity contribution in [1.82, 2.24) is 9.97 Å². The number of nitrogens with zero attached hydrogens (tertiary/aromatic N) is 3. The molecule has 2 heterocycles. The molecule has 1 saturated heterocycles. The molecule has 0 saturated carbocycles. The number of hydrogen-bond donors (Lipinski definition) is 2. The monoisotopic (exact) mass is 389 g/mol. The smallest absolute Gasteiger partial charge is 0.229 e. The van der Waals surface area contributed by atoms with Gasteiger partial charge in [-0.15, -0.1) is 0 Å². The lowest BCUT2D eigenvalue weighted by molar-refractivity contribution is 0.242. The predicted molar refractivity (Wildman–Crippen MR) is 119 cm³/mol. The van der Waals surface area contributed by atoms with E-state index in [2.05, 4.69) is 49.8 Å². The average Bonchev–Trinajstić information content (AvgIpc) is 3.25. The lowest BCUT2D eigenvalue weighted by Gasteiger charge is -2.18. The van der Waals surface area contributed by atoms with Gasteiger partial charge in [0, 0.05) is 36.3 Å². The standard InChI is InChI=1S/C23H27N5O/c1-17(2)29-21-11-7-19(8-12-21)26-23-24-14-13-22(27-23)25-18-5-9-20(10-6-18)28-15-3-4-16-28/h5-14,17H,3-4,15-16H2,1-2H3,(H2,24,25,26,27). The predicted octanol–water partition coefficient (Wildman–Crippen LogP) is 5.35. The van der Waals surface area contributed by atoms with E-state index < -0.39 is 0 Å². The van der Waals surface area contributed by atoms with E-state index in [1.165, 1.54) is 18.5 Å². The van der Waals surface area contributed by atoms with Crippen molar-refractivity contribution < 1.29 is 4.74 Å². The second kappa shape index (κ2) is 8.82. The summed E-state index contributed by atoms with van der Waals surface area (Å²) in [6.45, 7) is 6.33. The summed E-state index contributed by atoms with van der Waals surface area (Å²) in [6.07, 6.45) is 4.46. The van der Waals surface area contributed by atoms with Crippen LogP contribution in [0.3, 0.4) is 0 Å². The summed E-state index contributed by atoms with van der Waals surface area (Å²) in [6, 6.07) is 18.2. The summed E-state index contributed by atoms with van der Waals surface area (Å²) in [5.74, 6) is 2.14. The van der Waals surface area contributed by atoms with Crippen molar-refractivity contribution in [3.05, 3.63) is 60.8 Å². The van der Waals surface area contributed by atoms with Gasteiger partial charge in [0.1, 0.15) is 11.6 Å². The molecule has 0 unspecified atom stereocenters. The molecule has 0 bridgehead atoms. The second-order valence-electron chi connectivity index (χ2n) is 7.45.